The number of nitrogens with zero attached hydrogens (tertiary/aromatic N) is 2. The first-order valence-electron chi connectivity index (χ1n) is 7.78. The smallest absolute Gasteiger partial charge is 0.131 e. The van der Waals surface area contributed by atoms with E-state index < -0.39 is 0 Å². The molecule has 4 rings (SSSR count). The van der Waals surface area contributed by atoms with Gasteiger partial charge in [0.25, 0.3) is 0 Å². The Hall–Kier alpha value is -2.55. The van der Waals surface area contributed by atoms with Crippen molar-refractivity contribution in [2.24, 2.45) is 0 Å². The Labute approximate surface area is 130 Å². The first kappa shape index (κ1) is 13.1. The number of hydrogen-bond acceptors (Lipinski definition) is 3. The van der Waals surface area contributed by atoms with Crippen molar-refractivity contribution in [1.82, 2.24) is 4.98 Å². The van der Waals surface area contributed by atoms with Gasteiger partial charge in [-0.25, -0.2) is 4.98 Å². The fraction of sp³-hybridized carbons (Fsp3) is 0.211. The largest absolute Gasteiger partial charge is 0.398 e. The van der Waals surface area contributed by atoms with Crippen LogP contribution in [0.2, 0.25) is 0 Å². The van der Waals surface area contributed by atoms with E-state index in [0.717, 1.165) is 48.3 Å². The van der Waals surface area contributed by atoms with Crippen molar-refractivity contribution in [3.63, 3.8) is 0 Å². The molecule has 0 radical (unpaired) electrons. The minimum atomic E-state index is 0.804. The predicted molar refractivity (Wildman–Crippen MR) is 92.0 cm³/mol. The first-order chi connectivity index (χ1) is 10.8. The molecule has 0 atom stereocenters. The van der Waals surface area contributed by atoms with E-state index in [4.69, 9.17) is 10.7 Å². The van der Waals surface area contributed by atoms with Crippen LogP contribution in [0.5, 0.6) is 0 Å². The molecule has 3 nitrogen and oxygen atoms in total. The zero-order valence-corrected chi connectivity index (χ0v) is 12.5. The average molecular weight is 289 g/mol. The molecule has 3 heteroatoms. The number of anilines is 2. The normalized spacial score (nSPS) is 14.6. The third-order valence-corrected chi connectivity index (χ3v) is 4.41. The second kappa shape index (κ2) is 5.34. The summed E-state index contributed by atoms with van der Waals surface area (Å²) in [4.78, 5) is 7.16. The molecule has 3 aromatic rings. The highest BCUT2D eigenvalue weighted by Gasteiger charge is 2.16. The second-order valence-corrected chi connectivity index (χ2v) is 5.88. The first-order valence-corrected chi connectivity index (χ1v) is 7.78. The number of hydrogen-bond donors (Lipinski definition) is 1. The minimum absolute atomic E-state index is 0.804. The molecule has 0 spiro atoms. The molecule has 0 amide bonds. The quantitative estimate of drug-likeness (QED) is 0.741. The van der Waals surface area contributed by atoms with E-state index in [1.807, 2.05) is 30.3 Å². The lowest BCUT2D eigenvalue weighted by Gasteiger charge is -2.23. The molecule has 2 heterocycles. The Morgan fingerprint density at radius 1 is 0.955 bits per heavy atom. The van der Waals surface area contributed by atoms with Crippen molar-refractivity contribution in [2.45, 2.75) is 19.4 Å². The van der Waals surface area contributed by atoms with Crippen LogP contribution in [0.4, 0.5) is 11.5 Å². The Kier molecular flexibility index (Phi) is 3.19. The number of nitrogen functional groups attached to an aromatic ring is 1. The van der Waals surface area contributed by atoms with Crippen LogP contribution in [0.1, 0.15) is 17.5 Å². The maximum atomic E-state index is 6.23. The van der Waals surface area contributed by atoms with Gasteiger partial charge in [0.05, 0.1) is 5.52 Å². The van der Waals surface area contributed by atoms with Crippen molar-refractivity contribution in [3.8, 4) is 0 Å². The maximum absolute atomic E-state index is 6.23. The van der Waals surface area contributed by atoms with Gasteiger partial charge in [-0.15, -0.1) is 0 Å². The molecule has 110 valence electrons. The van der Waals surface area contributed by atoms with Crippen LogP contribution >= 0.6 is 0 Å². The number of aryl methyl sites for hydroxylation is 1. The third-order valence-electron chi connectivity index (χ3n) is 4.41. The van der Waals surface area contributed by atoms with E-state index in [2.05, 4.69) is 29.2 Å². The lowest BCUT2D eigenvalue weighted by atomic mass is 10.0. The predicted octanol–water partition coefficient (Wildman–Crippen LogP) is 3.77. The van der Waals surface area contributed by atoms with E-state index in [1.54, 1.807) is 0 Å². The van der Waals surface area contributed by atoms with Crippen molar-refractivity contribution in [2.75, 3.05) is 17.2 Å². The molecule has 2 N–H and O–H groups in total. The van der Waals surface area contributed by atoms with Crippen LogP contribution in [0.3, 0.4) is 0 Å². The van der Waals surface area contributed by atoms with E-state index >= 15 is 0 Å². The summed E-state index contributed by atoms with van der Waals surface area (Å²) in [5.41, 5.74) is 10.9. The number of benzene rings is 2. The summed E-state index contributed by atoms with van der Waals surface area (Å²) in [6.07, 6.45) is 2.28. The van der Waals surface area contributed by atoms with Gasteiger partial charge in [0.15, 0.2) is 0 Å². The molecule has 1 aliphatic rings. The van der Waals surface area contributed by atoms with E-state index in [0.29, 0.717) is 0 Å². The molecular weight excluding hydrogens is 270 g/mol. The highest BCUT2D eigenvalue weighted by Crippen LogP contribution is 2.28. The third kappa shape index (κ3) is 2.29. The maximum Gasteiger partial charge on any atom is 0.131 e. The number of aromatic nitrogens is 1. The van der Waals surface area contributed by atoms with Gasteiger partial charge in [-0.05, 0) is 30.0 Å². The van der Waals surface area contributed by atoms with Crippen molar-refractivity contribution >= 4 is 22.4 Å². The lowest BCUT2D eigenvalue weighted by molar-refractivity contribution is 0.757. The van der Waals surface area contributed by atoms with Crippen LogP contribution in [-0.4, -0.2) is 11.5 Å². The van der Waals surface area contributed by atoms with E-state index in [1.165, 1.54) is 11.1 Å². The number of pyridine rings is 1. The molecule has 0 saturated carbocycles. The van der Waals surface area contributed by atoms with Crippen molar-refractivity contribution < 1.29 is 0 Å². The van der Waals surface area contributed by atoms with Gasteiger partial charge in [0, 0.05) is 30.2 Å². The highest BCUT2D eigenvalue weighted by molar-refractivity contribution is 5.91. The average Bonchev–Trinajstić information content (AvgIpc) is 2.77. The van der Waals surface area contributed by atoms with Crippen LogP contribution in [-0.2, 0) is 13.0 Å². The Balaban J connectivity index is 1.75. The zero-order chi connectivity index (χ0) is 14.9. The molecule has 1 aromatic heterocycles. The Morgan fingerprint density at radius 2 is 1.73 bits per heavy atom. The molecule has 0 bridgehead atoms. The fourth-order valence-corrected chi connectivity index (χ4v) is 3.25. The molecule has 2 aromatic carbocycles. The lowest BCUT2D eigenvalue weighted by Crippen LogP contribution is -2.23. The number of nitrogens with two attached hydrogens (primary N) is 1. The van der Waals surface area contributed by atoms with Crippen molar-refractivity contribution in [1.29, 1.82) is 0 Å². The van der Waals surface area contributed by atoms with E-state index in [9.17, 15) is 0 Å². The van der Waals surface area contributed by atoms with Crippen LogP contribution in [0.15, 0.2) is 54.6 Å². The van der Waals surface area contributed by atoms with Gasteiger partial charge >= 0.3 is 0 Å². The second-order valence-electron chi connectivity index (χ2n) is 5.88. The summed E-state index contributed by atoms with van der Waals surface area (Å²) < 4.78 is 0. The SMILES string of the molecule is Nc1cc(N2CCCc3ccccc3C2)nc2ccccc12. The van der Waals surface area contributed by atoms with Gasteiger partial charge in [0.2, 0.25) is 0 Å². The van der Waals surface area contributed by atoms with Crippen LogP contribution < -0.4 is 10.6 Å². The number of para-hydroxylation sites is 1. The van der Waals surface area contributed by atoms with Gasteiger partial charge in [-0.3, -0.25) is 0 Å². The summed E-state index contributed by atoms with van der Waals surface area (Å²) in [7, 11) is 0. The molecule has 22 heavy (non-hydrogen) atoms. The molecular formula is C19H19N3. The highest BCUT2D eigenvalue weighted by atomic mass is 15.2. The monoisotopic (exact) mass is 289 g/mol. The molecule has 0 fully saturated rings. The summed E-state index contributed by atoms with van der Waals surface area (Å²) >= 11 is 0. The molecule has 0 unspecified atom stereocenters. The van der Waals surface area contributed by atoms with Gasteiger partial charge in [0.1, 0.15) is 5.82 Å². The minimum Gasteiger partial charge on any atom is -0.398 e. The van der Waals surface area contributed by atoms with Gasteiger partial charge in [-0.2, -0.15) is 0 Å². The molecule has 1 aliphatic heterocycles. The van der Waals surface area contributed by atoms with Crippen molar-refractivity contribution in [3.05, 3.63) is 65.7 Å². The zero-order valence-electron chi connectivity index (χ0n) is 12.5. The Bertz CT molecular complexity index is 826. The summed E-state index contributed by atoms with van der Waals surface area (Å²) in [5.74, 6) is 0.980. The number of fused-ring (bicyclic) bond motifs is 2. The topological polar surface area (TPSA) is 42.1 Å². The van der Waals surface area contributed by atoms with Gasteiger partial charge < -0.3 is 10.6 Å². The Morgan fingerprint density at radius 3 is 2.64 bits per heavy atom. The standard InChI is InChI=1S/C19H19N3/c20-17-12-19(21-18-10-4-3-9-16(17)18)22-11-5-8-14-6-1-2-7-15(14)13-22/h1-4,6-7,9-10,12H,5,8,11,13H2,(H2,20,21). The number of rotatable bonds is 1. The summed E-state index contributed by atoms with van der Waals surface area (Å²) in [6.45, 7) is 1.92. The summed E-state index contributed by atoms with van der Waals surface area (Å²) in [5, 5.41) is 1.03. The molecule has 0 aliphatic carbocycles. The van der Waals surface area contributed by atoms with Gasteiger partial charge in [-0.1, -0.05) is 42.5 Å². The fourth-order valence-electron chi connectivity index (χ4n) is 3.25. The van der Waals surface area contributed by atoms with E-state index in [-0.39, 0.29) is 0 Å². The summed E-state index contributed by atoms with van der Waals surface area (Å²) in [6, 6.07) is 18.8. The molecule has 0 saturated heterocycles. The van der Waals surface area contributed by atoms with Crippen LogP contribution in [0, 0.1) is 0 Å². The van der Waals surface area contributed by atoms with Crippen LogP contribution in [0.25, 0.3) is 10.9 Å².